The minimum Gasteiger partial charge on any atom is -0.356 e. The molecule has 5 nitrogen and oxygen atoms in total. The van der Waals surface area contributed by atoms with Crippen molar-refractivity contribution < 1.29 is 8.42 Å². The standard InChI is InChI=1S/C16H21N3O2S/c1-3-12-5-4-8-19(10-12)16-14-9-13(22(2,20)21)6-7-15(14)17-11-18-16/h6-7,9,11-12H,3-5,8,10H2,1-2H3. The van der Waals surface area contributed by atoms with Crippen LogP contribution in [0.4, 0.5) is 5.82 Å². The second-order valence-corrected chi connectivity index (χ2v) is 8.03. The van der Waals surface area contributed by atoms with Gasteiger partial charge in [0.2, 0.25) is 0 Å². The Balaban J connectivity index is 2.09. The monoisotopic (exact) mass is 319 g/mol. The Morgan fingerprint density at radius 1 is 1.32 bits per heavy atom. The highest BCUT2D eigenvalue weighted by atomic mass is 32.2. The largest absolute Gasteiger partial charge is 0.356 e. The highest BCUT2D eigenvalue weighted by Gasteiger charge is 2.22. The van der Waals surface area contributed by atoms with Crippen LogP contribution in [0.1, 0.15) is 26.2 Å². The number of aromatic nitrogens is 2. The molecular formula is C16H21N3O2S. The Labute approximate surface area is 131 Å². The smallest absolute Gasteiger partial charge is 0.175 e. The minimum absolute atomic E-state index is 0.320. The predicted octanol–water partition coefficient (Wildman–Crippen LogP) is 2.66. The molecule has 118 valence electrons. The van der Waals surface area contributed by atoms with Crippen LogP contribution in [0, 0.1) is 5.92 Å². The van der Waals surface area contributed by atoms with E-state index in [4.69, 9.17) is 0 Å². The molecule has 3 rings (SSSR count). The van der Waals surface area contributed by atoms with Crippen LogP contribution in [0.3, 0.4) is 0 Å². The van der Waals surface area contributed by atoms with E-state index in [1.165, 1.54) is 12.7 Å². The maximum Gasteiger partial charge on any atom is 0.175 e. The molecule has 1 aliphatic heterocycles. The van der Waals surface area contributed by atoms with E-state index in [2.05, 4.69) is 21.8 Å². The molecule has 1 unspecified atom stereocenters. The average molecular weight is 319 g/mol. The molecule has 22 heavy (non-hydrogen) atoms. The summed E-state index contributed by atoms with van der Waals surface area (Å²) in [6.07, 6.45) is 6.35. The van der Waals surface area contributed by atoms with E-state index in [0.29, 0.717) is 10.8 Å². The van der Waals surface area contributed by atoms with Gasteiger partial charge in [-0.2, -0.15) is 0 Å². The molecule has 0 N–H and O–H groups in total. The fraction of sp³-hybridized carbons (Fsp3) is 0.500. The maximum absolute atomic E-state index is 11.8. The number of piperidine rings is 1. The zero-order valence-electron chi connectivity index (χ0n) is 13.0. The van der Waals surface area contributed by atoms with Crippen LogP contribution in [-0.4, -0.2) is 37.7 Å². The lowest BCUT2D eigenvalue weighted by Gasteiger charge is -2.33. The van der Waals surface area contributed by atoms with Crippen LogP contribution in [0.2, 0.25) is 0 Å². The van der Waals surface area contributed by atoms with E-state index in [-0.39, 0.29) is 0 Å². The van der Waals surface area contributed by atoms with Crippen molar-refractivity contribution in [3.8, 4) is 0 Å². The lowest BCUT2D eigenvalue weighted by molar-refractivity contribution is 0.403. The lowest BCUT2D eigenvalue weighted by atomic mass is 9.95. The highest BCUT2D eigenvalue weighted by molar-refractivity contribution is 7.90. The molecule has 1 fully saturated rings. The van der Waals surface area contributed by atoms with Gasteiger partial charge in [-0.15, -0.1) is 0 Å². The van der Waals surface area contributed by atoms with Crippen molar-refractivity contribution in [3.63, 3.8) is 0 Å². The van der Waals surface area contributed by atoms with Crippen molar-refractivity contribution in [1.29, 1.82) is 0 Å². The second-order valence-electron chi connectivity index (χ2n) is 6.01. The number of benzene rings is 1. The zero-order chi connectivity index (χ0) is 15.7. The maximum atomic E-state index is 11.8. The van der Waals surface area contributed by atoms with Crippen LogP contribution < -0.4 is 4.90 Å². The third-order valence-corrected chi connectivity index (χ3v) is 5.52. The first-order valence-corrected chi connectivity index (χ1v) is 9.58. The quantitative estimate of drug-likeness (QED) is 0.870. The fourth-order valence-corrected chi connectivity index (χ4v) is 3.74. The Morgan fingerprint density at radius 3 is 2.86 bits per heavy atom. The fourth-order valence-electron chi connectivity index (χ4n) is 3.10. The summed E-state index contributed by atoms with van der Waals surface area (Å²) in [5.74, 6) is 1.53. The molecule has 1 aliphatic rings. The lowest BCUT2D eigenvalue weighted by Crippen LogP contribution is -2.35. The van der Waals surface area contributed by atoms with Crippen molar-refractivity contribution in [1.82, 2.24) is 9.97 Å². The molecule has 2 aromatic rings. The molecule has 0 saturated carbocycles. The third kappa shape index (κ3) is 2.92. The topological polar surface area (TPSA) is 63.2 Å². The predicted molar refractivity (Wildman–Crippen MR) is 87.9 cm³/mol. The normalized spacial score (nSPS) is 19.5. The Hall–Kier alpha value is -1.69. The number of nitrogens with zero attached hydrogens (tertiary/aromatic N) is 3. The van der Waals surface area contributed by atoms with Gasteiger partial charge in [0.1, 0.15) is 12.1 Å². The molecule has 0 aliphatic carbocycles. The second kappa shape index (κ2) is 5.83. The van der Waals surface area contributed by atoms with Gasteiger partial charge >= 0.3 is 0 Å². The SMILES string of the molecule is CCC1CCCN(c2ncnc3ccc(S(C)(=O)=O)cc23)C1. The molecule has 2 heterocycles. The van der Waals surface area contributed by atoms with Gasteiger partial charge in [0.05, 0.1) is 10.4 Å². The number of hydrogen-bond donors (Lipinski definition) is 0. The Morgan fingerprint density at radius 2 is 2.14 bits per heavy atom. The van der Waals surface area contributed by atoms with Crippen molar-refractivity contribution in [2.75, 3.05) is 24.2 Å². The first kappa shape index (κ1) is 15.2. The molecule has 6 heteroatoms. The molecule has 1 atom stereocenters. The van der Waals surface area contributed by atoms with Crippen LogP contribution in [0.25, 0.3) is 10.9 Å². The molecule has 0 spiro atoms. The summed E-state index contributed by atoms with van der Waals surface area (Å²) >= 11 is 0. The van der Waals surface area contributed by atoms with Crippen LogP contribution in [-0.2, 0) is 9.84 Å². The summed E-state index contributed by atoms with van der Waals surface area (Å²) in [4.78, 5) is 11.3. The van der Waals surface area contributed by atoms with Crippen LogP contribution in [0.15, 0.2) is 29.4 Å². The summed E-state index contributed by atoms with van der Waals surface area (Å²) < 4.78 is 23.6. The van der Waals surface area contributed by atoms with Crippen LogP contribution in [0.5, 0.6) is 0 Å². The summed E-state index contributed by atoms with van der Waals surface area (Å²) in [6, 6.07) is 5.08. The van der Waals surface area contributed by atoms with E-state index >= 15 is 0 Å². The van der Waals surface area contributed by atoms with Crippen molar-refractivity contribution in [3.05, 3.63) is 24.5 Å². The summed E-state index contributed by atoms with van der Waals surface area (Å²) in [5.41, 5.74) is 0.788. The van der Waals surface area contributed by atoms with E-state index in [1.54, 1.807) is 24.5 Å². The average Bonchev–Trinajstić information content (AvgIpc) is 2.53. The van der Waals surface area contributed by atoms with Gasteiger partial charge in [0, 0.05) is 24.7 Å². The highest BCUT2D eigenvalue weighted by Crippen LogP contribution is 2.29. The molecule has 0 radical (unpaired) electrons. The number of rotatable bonds is 3. The van der Waals surface area contributed by atoms with Gasteiger partial charge in [-0.05, 0) is 37.0 Å². The summed E-state index contributed by atoms with van der Waals surface area (Å²) in [7, 11) is -3.23. The Kier molecular flexibility index (Phi) is 4.04. The van der Waals surface area contributed by atoms with E-state index < -0.39 is 9.84 Å². The van der Waals surface area contributed by atoms with Gasteiger partial charge in [0.25, 0.3) is 0 Å². The molecule has 1 aromatic carbocycles. The zero-order valence-corrected chi connectivity index (χ0v) is 13.8. The van der Waals surface area contributed by atoms with Crippen molar-refractivity contribution >= 4 is 26.6 Å². The number of hydrogen-bond acceptors (Lipinski definition) is 5. The van der Waals surface area contributed by atoms with Gasteiger partial charge in [-0.25, -0.2) is 18.4 Å². The van der Waals surface area contributed by atoms with Gasteiger partial charge in [0.15, 0.2) is 9.84 Å². The van der Waals surface area contributed by atoms with Gasteiger partial charge in [-0.1, -0.05) is 13.3 Å². The molecule has 0 amide bonds. The molecule has 1 saturated heterocycles. The van der Waals surface area contributed by atoms with Crippen LogP contribution >= 0.6 is 0 Å². The molecular weight excluding hydrogens is 298 g/mol. The molecule has 1 aromatic heterocycles. The first-order chi connectivity index (χ1) is 10.5. The van der Waals surface area contributed by atoms with E-state index in [0.717, 1.165) is 42.7 Å². The third-order valence-electron chi connectivity index (χ3n) is 4.41. The minimum atomic E-state index is -3.23. The number of sulfone groups is 1. The number of fused-ring (bicyclic) bond motifs is 1. The summed E-state index contributed by atoms with van der Waals surface area (Å²) in [6.45, 7) is 4.16. The van der Waals surface area contributed by atoms with Crippen molar-refractivity contribution in [2.24, 2.45) is 5.92 Å². The van der Waals surface area contributed by atoms with E-state index in [1.807, 2.05) is 0 Å². The van der Waals surface area contributed by atoms with Crippen molar-refractivity contribution in [2.45, 2.75) is 31.1 Å². The summed E-state index contributed by atoms with van der Waals surface area (Å²) in [5, 5.41) is 0.821. The van der Waals surface area contributed by atoms with Gasteiger partial charge < -0.3 is 4.90 Å². The van der Waals surface area contributed by atoms with Gasteiger partial charge in [-0.3, -0.25) is 0 Å². The Bertz CT molecular complexity index is 789. The van der Waals surface area contributed by atoms with E-state index in [9.17, 15) is 8.42 Å². The molecule has 0 bridgehead atoms. The number of anilines is 1. The first-order valence-electron chi connectivity index (χ1n) is 7.69.